The predicted molar refractivity (Wildman–Crippen MR) is 46.9 cm³/mol. The van der Waals surface area contributed by atoms with E-state index in [1.54, 1.807) is 4.68 Å². The van der Waals surface area contributed by atoms with Crippen molar-refractivity contribution in [2.75, 3.05) is 0 Å². The van der Waals surface area contributed by atoms with Gasteiger partial charge in [0.25, 0.3) is 0 Å². The van der Waals surface area contributed by atoms with Crippen LogP contribution in [-0.2, 0) is 6.54 Å². The second-order valence-electron chi connectivity index (χ2n) is 3.28. The molecule has 5 heteroatoms. The lowest BCUT2D eigenvalue weighted by molar-refractivity contribution is 0.0697. The number of carboxylic acid groups (broad SMARTS) is 1. The first-order valence-electron chi connectivity index (χ1n) is 4.13. The minimum Gasteiger partial charge on any atom is -0.478 e. The van der Waals surface area contributed by atoms with Gasteiger partial charge in [-0.15, -0.1) is 0 Å². The van der Waals surface area contributed by atoms with Crippen LogP contribution in [-0.4, -0.2) is 20.9 Å². The number of hydrogen-bond donors (Lipinski definition) is 1. The van der Waals surface area contributed by atoms with Crippen LogP contribution in [0.1, 0.15) is 23.2 Å². The Kier molecular flexibility index (Phi) is 2.00. The summed E-state index contributed by atoms with van der Waals surface area (Å²) in [4.78, 5) is 10.6. The third-order valence-electron chi connectivity index (χ3n) is 2.13. The third-order valence-corrected chi connectivity index (χ3v) is 2.53. The van der Waals surface area contributed by atoms with Crippen molar-refractivity contribution in [3.8, 4) is 0 Å². The van der Waals surface area contributed by atoms with Crippen LogP contribution in [0.15, 0.2) is 6.20 Å². The van der Waals surface area contributed by atoms with Crippen LogP contribution in [0, 0.1) is 5.92 Å². The molecule has 1 saturated carbocycles. The zero-order valence-corrected chi connectivity index (χ0v) is 7.66. The van der Waals surface area contributed by atoms with Crippen LogP contribution < -0.4 is 0 Å². The lowest BCUT2D eigenvalue weighted by Gasteiger charge is -1.99. The Morgan fingerprint density at radius 1 is 1.77 bits per heavy atom. The van der Waals surface area contributed by atoms with E-state index in [2.05, 4.69) is 5.10 Å². The number of aromatic nitrogens is 2. The maximum atomic E-state index is 10.6. The van der Waals surface area contributed by atoms with Gasteiger partial charge in [-0.2, -0.15) is 5.10 Å². The molecule has 0 spiro atoms. The zero-order chi connectivity index (χ0) is 9.42. The van der Waals surface area contributed by atoms with Crippen molar-refractivity contribution in [1.82, 2.24) is 9.78 Å². The van der Waals surface area contributed by atoms with E-state index in [0.717, 1.165) is 6.54 Å². The Morgan fingerprint density at radius 3 is 2.92 bits per heavy atom. The Morgan fingerprint density at radius 2 is 2.46 bits per heavy atom. The van der Waals surface area contributed by atoms with Gasteiger partial charge in [0.05, 0.1) is 6.20 Å². The molecule has 0 bridgehead atoms. The summed E-state index contributed by atoms with van der Waals surface area (Å²) in [6.45, 7) is 0.742. The Labute approximate surface area is 80.1 Å². The van der Waals surface area contributed by atoms with Crippen molar-refractivity contribution in [3.63, 3.8) is 0 Å². The van der Waals surface area contributed by atoms with Gasteiger partial charge in [0.1, 0.15) is 10.7 Å². The van der Waals surface area contributed by atoms with Crippen LogP contribution in [0.5, 0.6) is 0 Å². The van der Waals surface area contributed by atoms with Crippen LogP contribution in [0.4, 0.5) is 0 Å². The molecule has 4 nitrogen and oxygen atoms in total. The van der Waals surface area contributed by atoms with Gasteiger partial charge < -0.3 is 5.11 Å². The number of rotatable bonds is 3. The van der Waals surface area contributed by atoms with Crippen molar-refractivity contribution in [2.24, 2.45) is 5.92 Å². The van der Waals surface area contributed by atoms with Crippen molar-refractivity contribution < 1.29 is 9.90 Å². The lowest BCUT2D eigenvalue weighted by Crippen LogP contribution is -2.02. The van der Waals surface area contributed by atoms with Gasteiger partial charge in [-0.05, 0) is 18.8 Å². The van der Waals surface area contributed by atoms with Crippen LogP contribution in [0.25, 0.3) is 0 Å². The molecular weight excluding hydrogens is 192 g/mol. The molecule has 1 fully saturated rings. The Hall–Kier alpha value is -1.03. The van der Waals surface area contributed by atoms with Gasteiger partial charge in [-0.25, -0.2) is 4.79 Å². The molecule has 0 aliphatic heterocycles. The van der Waals surface area contributed by atoms with Crippen LogP contribution in [0.3, 0.4) is 0 Å². The zero-order valence-electron chi connectivity index (χ0n) is 6.90. The number of hydrogen-bond acceptors (Lipinski definition) is 2. The Balaban J connectivity index is 2.21. The first-order chi connectivity index (χ1) is 6.18. The minimum atomic E-state index is -1.02. The third kappa shape index (κ3) is 1.67. The second-order valence-corrected chi connectivity index (χ2v) is 3.64. The van der Waals surface area contributed by atoms with E-state index in [9.17, 15) is 4.79 Å². The molecular formula is C8H9ClN2O2. The molecule has 0 radical (unpaired) electrons. The second kappa shape index (κ2) is 3.03. The quantitative estimate of drug-likeness (QED) is 0.807. The van der Waals surface area contributed by atoms with Gasteiger partial charge in [0, 0.05) is 6.54 Å². The summed E-state index contributed by atoms with van der Waals surface area (Å²) >= 11 is 5.81. The van der Waals surface area contributed by atoms with Crippen molar-refractivity contribution in [2.45, 2.75) is 19.4 Å². The Bertz CT molecular complexity index is 344. The molecule has 0 amide bonds. The fourth-order valence-corrected chi connectivity index (χ4v) is 1.43. The average Bonchev–Trinajstić information content (AvgIpc) is 2.78. The van der Waals surface area contributed by atoms with Gasteiger partial charge in [0.15, 0.2) is 0 Å². The average molecular weight is 201 g/mol. The fourth-order valence-electron chi connectivity index (χ4n) is 1.19. The normalized spacial score (nSPS) is 16.1. The van der Waals surface area contributed by atoms with E-state index in [1.807, 2.05) is 0 Å². The summed E-state index contributed by atoms with van der Waals surface area (Å²) < 4.78 is 1.56. The minimum absolute atomic E-state index is 0.0855. The number of carbonyl (C=O) groups is 1. The molecule has 1 aliphatic rings. The molecule has 13 heavy (non-hydrogen) atoms. The summed E-state index contributed by atoms with van der Waals surface area (Å²) in [5.41, 5.74) is 0.0855. The van der Waals surface area contributed by atoms with Crippen molar-refractivity contribution in [3.05, 3.63) is 16.9 Å². The van der Waals surface area contributed by atoms with E-state index in [0.29, 0.717) is 5.92 Å². The van der Waals surface area contributed by atoms with E-state index in [1.165, 1.54) is 19.0 Å². The molecule has 1 aromatic rings. The van der Waals surface area contributed by atoms with Crippen molar-refractivity contribution >= 4 is 17.6 Å². The number of carboxylic acids is 1. The smallest absolute Gasteiger partial charge is 0.340 e. The highest BCUT2D eigenvalue weighted by atomic mass is 35.5. The summed E-state index contributed by atoms with van der Waals surface area (Å²) in [5, 5.41) is 12.8. The largest absolute Gasteiger partial charge is 0.478 e. The molecule has 2 rings (SSSR count). The van der Waals surface area contributed by atoms with Gasteiger partial charge in [-0.1, -0.05) is 11.6 Å². The molecule has 1 aliphatic carbocycles. The van der Waals surface area contributed by atoms with Gasteiger partial charge >= 0.3 is 5.97 Å². The maximum absolute atomic E-state index is 10.6. The highest BCUT2D eigenvalue weighted by Gasteiger charge is 2.24. The summed E-state index contributed by atoms with van der Waals surface area (Å²) in [5.74, 6) is -0.383. The first-order valence-corrected chi connectivity index (χ1v) is 4.51. The molecule has 0 atom stereocenters. The number of halogens is 1. The van der Waals surface area contributed by atoms with E-state index < -0.39 is 5.97 Å². The molecule has 70 valence electrons. The molecule has 1 aromatic heterocycles. The maximum Gasteiger partial charge on any atom is 0.340 e. The lowest BCUT2D eigenvalue weighted by atomic mass is 10.4. The van der Waals surface area contributed by atoms with Gasteiger partial charge in [-0.3, -0.25) is 4.68 Å². The molecule has 1 heterocycles. The number of aromatic carboxylic acids is 1. The van der Waals surface area contributed by atoms with Crippen LogP contribution in [0.2, 0.25) is 5.15 Å². The molecule has 0 aromatic carbocycles. The standard InChI is InChI=1S/C8H9ClN2O2/c9-7-6(8(12)13)3-10-11(7)4-5-1-2-5/h3,5H,1-2,4H2,(H,12,13). The monoisotopic (exact) mass is 200 g/mol. The van der Waals surface area contributed by atoms with E-state index in [4.69, 9.17) is 16.7 Å². The number of nitrogens with zero attached hydrogens (tertiary/aromatic N) is 2. The highest BCUT2D eigenvalue weighted by molar-refractivity contribution is 6.32. The SMILES string of the molecule is O=C(O)c1cnn(CC2CC2)c1Cl. The molecule has 1 N–H and O–H groups in total. The van der Waals surface area contributed by atoms with E-state index in [-0.39, 0.29) is 10.7 Å². The van der Waals surface area contributed by atoms with Crippen LogP contribution >= 0.6 is 11.6 Å². The fraction of sp³-hybridized carbons (Fsp3) is 0.500. The summed E-state index contributed by atoms with van der Waals surface area (Å²) in [6, 6.07) is 0. The van der Waals surface area contributed by atoms with Gasteiger partial charge in [0.2, 0.25) is 0 Å². The predicted octanol–water partition coefficient (Wildman–Crippen LogP) is 1.64. The van der Waals surface area contributed by atoms with Crippen molar-refractivity contribution in [1.29, 1.82) is 0 Å². The summed E-state index contributed by atoms with van der Waals surface area (Å²) in [6.07, 6.45) is 3.68. The topological polar surface area (TPSA) is 55.1 Å². The molecule has 0 unspecified atom stereocenters. The first kappa shape index (κ1) is 8.56. The molecule has 0 saturated heterocycles. The summed E-state index contributed by atoms with van der Waals surface area (Å²) in [7, 11) is 0. The highest BCUT2D eigenvalue weighted by Crippen LogP contribution is 2.31. The van der Waals surface area contributed by atoms with E-state index >= 15 is 0 Å².